The Bertz CT molecular complexity index is 1140. The number of aryl methyl sites for hydroxylation is 1. The minimum atomic E-state index is -0.523. The van der Waals surface area contributed by atoms with Crippen LogP contribution in [0.5, 0.6) is 0 Å². The van der Waals surface area contributed by atoms with Crippen LogP contribution < -0.4 is 0 Å². The Kier molecular flexibility index (Phi) is 7.27. The van der Waals surface area contributed by atoms with E-state index in [4.69, 9.17) is 4.74 Å². The third kappa shape index (κ3) is 5.53. The Morgan fingerprint density at radius 1 is 1.24 bits per heavy atom. The van der Waals surface area contributed by atoms with Crippen LogP contribution in [0.2, 0.25) is 0 Å². The topological polar surface area (TPSA) is 72.4 Å². The van der Waals surface area contributed by atoms with E-state index in [0.717, 1.165) is 42.4 Å². The van der Waals surface area contributed by atoms with Crippen LogP contribution in [0, 0.1) is 11.7 Å². The van der Waals surface area contributed by atoms with Gasteiger partial charge in [0.1, 0.15) is 5.82 Å². The second-order valence-electron chi connectivity index (χ2n) is 8.34. The average molecular weight is 450 g/mol. The number of nitrogens with zero attached hydrogens (tertiary/aromatic N) is 3. The lowest BCUT2D eigenvalue weighted by molar-refractivity contribution is -0.145. The van der Waals surface area contributed by atoms with Crippen molar-refractivity contribution < 1.29 is 18.7 Å². The van der Waals surface area contributed by atoms with E-state index in [-0.39, 0.29) is 36.6 Å². The number of hydrogen-bond acceptors (Lipinski definition) is 5. The van der Waals surface area contributed by atoms with Crippen LogP contribution in [0.3, 0.4) is 0 Å². The van der Waals surface area contributed by atoms with Crippen LogP contribution in [0.1, 0.15) is 49.9 Å². The first-order valence-corrected chi connectivity index (χ1v) is 11.5. The fraction of sp³-hybridized carbons (Fsp3) is 0.385. The number of esters is 1. The van der Waals surface area contributed by atoms with Gasteiger partial charge in [-0.1, -0.05) is 12.1 Å². The molecule has 0 spiro atoms. The summed E-state index contributed by atoms with van der Waals surface area (Å²) in [5, 5.41) is 1.01. The number of benzene rings is 1. The molecule has 0 radical (unpaired) electrons. The molecule has 1 fully saturated rings. The molecule has 2 unspecified atom stereocenters. The smallest absolute Gasteiger partial charge is 0.308 e. The first kappa shape index (κ1) is 22.8. The summed E-state index contributed by atoms with van der Waals surface area (Å²) >= 11 is 0. The van der Waals surface area contributed by atoms with E-state index in [2.05, 4.69) is 9.97 Å². The van der Waals surface area contributed by atoms with Crippen LogP contribution in [0.4, 0.5) is 4.39 Å². The zero-order valence-electron chi connectivity index (χ0n) is 18.7. The zero-order chi connectivity index (χ0) is 23.2. The van der Waals surface area contributed by atoms with E-state index in [9.17, 15) is 14.0 Å². The molecule has 3 heterocycles. The zero-order valence-corrected chi connectivity index (χ0v) is 18.7. The van der Waals surface area contributed by atoms with Gasteiger partial charge < -0.3 is 9.64 Å². The van der Waals surface area contributed by atoms with Gasteiger partial charge in [0.2, 0.25) is 5.91 Å². The minimum absolute atomic E-state index is 0.0155. The van der Waals surface area contributed by atoms with Crippen molar-refractivity contribution in [1.82, 2.24) is 14.9 Å². The van der Waals surface area contributed by atoms with Gasteiger partial charge in [-0.15, -0.1) is 0 Å². The summed E-state index contributed by atoms with van der Waals surface area (Å²) in [4.78, 5) is 36.1. The lowest BCUT2D eigenvalue weighted by Crippen LogP contribution is -2.33. The maximum atomic E-state index is 13.9. The first-order valence-electron chi connectivity index (χ1n) is 11.5. The van der Waals surface area contributed by atoms with E-state index >= 15 is 0 Å². The van der Waals surface area contributed by atoms with E-state index in [1.807, 2.05) is 24.3 Å². The Hall–Kier alpha value is -3.35. The summed E-state index contributed by atoms with van der Waals surface area (Å²) < 4.78 is 19.0. The molecule has 1 aliphatic heterocycles. The van der Waals surface area contributed by atoms with Crippen molar-refractivity contribution in [2.45, 2.75) is 45.1 Å². The molecule has 33 heavy (non-hydrogen) atoms. The molecule has 4 rings (SSSR count). The largest absolute Gasteiger partial charge is 0.466 e. The lowest BCUT2D eigenvalue weighted by Gasteiger charge is -2.28. The van der Waals surface area contributed by atoms with Crippen molar-refractivity contribution in [2.75, 3.05) is 13.2 Å². The number of carbonyl (C=O) groups excluding carboxylic acids is 2. The first-order chi connectivity index (χ1) is 16.0. The average Bonchev–Trinajstić information content (AvgIpc) is 3.17. The van der Waals surface area contributed by atoms with Gasteiger partial charge in [-0.2, -0.15) is 0 Å². The summed E-state index contributed by atoms with van der Waals surface area (Å²) in [6.07, 6.45) is 4.82. The lowest BCUT2D eigenvalue weighted by atomic mass is 9.98. The van der Waals surface area contributed by atoms with Gasteiger partial charge in [-0.05, 0) is 74.6 Å². The Balaban J connectivity index is 1.40. The quantitative estimate of drug-likeness (QED) is 0.445. The fourth-order valence-corrected chi connectivity index (χ4v) is 4.50. The van der Waals surface area contributed by atoms with Crippen LogP contribution >= 0.6 is 0 Å². The Morgan fingerprint density at radius 2 is 2.12 bits per heavy atom. The fourth-order valence-electron chi connectivity index (χ4n) is 4.50. The van der Waals surface area contributed by atoms with Crippen LogP contribution in [0.25, 0.3) is 11.0 Å². The summed E-state index contributed by atoms with van der Waals surface area (Å²) in [5.41, 5.74) is 2.31. The highest BCUT2D eigenvalue weighted by molar-refractivity contribution is 5.82. The van der Waals surface area contributed by atoms with Crippen LogP contribution in [0.15, 0.2) is 54.7 Å². The monoisotopic (exact) mass is 449 g/mol. The number of ether oxygens (including phenoxy) is 1. The summed E-state index contributed by atoms with van der Waals surface area (Å²) in [6, 6.07) is 13.5. The van der Waals surface area contributed by atoms with E-state index < -0.39 is 6.04 Å². The van der Waals surface area contributed by atoms with Gasteiger partial charge >= 0.3 is 5.97 Å². The number of likely N-dealkylation sites (tertiary alicyclic amines) is 1. The highest BCUT2D eigenvalue weighted by atomic mass is 19.1. The second kappa shape index (κ2) is 10.5. The SMILES string of the molecule is CCOC(=O)CC(c1cccc(F)c1)N1CCC(CCCc2ccc3cccnc3n2)C1=O. The number of amides is 1. The molecular formula is C26H28FN3O3. The molecule has 0 bridgehead atoms. The summed E-state index contributed by atoms with van der Waals surface area (Å²) in [7, 11) is 0. The number of carbonyl (C=O) groups is 2. The normalized spacial score (nSPS) is 16.8. The number of hydrogen-bond donors (Lipinski definition) is 0. The van der Waals surface area contributed by atoms with E-state index in [1.54, 1.807) is 30.2 Å². The van der Waals surface area contributed by atoms with Crippen molar-refractivity contribution in [3.05, 3.63) is 71.8 Å². The molecule has 3 aromatic rings. The Morgan fingerprint density at radius 3 is 2.94 bits per heavy atom. The van der Waals surface area contributed by atoms with Crippen molar-refractivity contribution in [1.29, 1.82) is 0 Å². The van der Waals surface area contributed by atoms with Crippen molar-refractivity contribution in [3.63, 3.8) is 0 Å². The van der Waals surface area contributed by atoms with Crippen LogP contribution in [-0.4, -0.2) is 39.9 Å². The molecule has 2 aromatic heterocycles. The number of rotatable bonds is 9. The van der Waals surface area contributed by atoms with Gasteiger partial charge in [-0.3, -0.25) is 9.59 Å². The molecule has 0 saturated carbocycles. The molecular weight excluding hydrogens is 421 g/mol. The molecule has 2 atom stereocenters. The molecule has 0 N–H and O–H groups in total. The molecule has 1 amide bonds. The molecule has 1 aromatic carbocycles. The van der Waals surface area contributed by atoms with Gasteiger partial charge in [-0.25, -0.2) is 14.4 Å². The molecule has 0 aliphatic carbocycles. The van der Waals surface area contributed by atoms with E-state index in [0.29, 0.717) is 12.1 Å². The maximum absolute atomic E-state index is 13.9. The van der Waals surface area contributed by atoms with Crippen LogP contribution in [-0.2, 0) is 20.7 Å². The number of fused-ring (bicyclic) bond motifs is 1. The molecule has 7 heteroatoms. The highest BCUT2D eigenvalue weighted by Gasteiger charge is 2.37. The second-order valence-corrected chi connectivity index (χ2v) is 8.34. The number of pyridine rings is 2. The molecule has 1 saturated heterocycles. The third-order valence-corrected chi connectivity index (χ3v) is 6.13. The molecule has 6 nitrogen and oxygen atoms in total. The van der Waals surface area contributed by atoms with Gasteiger partial charge in [0, 0.05) is 29.7 Å². The van der Waals surface area contributed by atoms with E-state index in [1.165, 1.54) is 12.1 Å². The summed E-state index contributed by atoms with van der Waals surface area (Å²) in [6.45, 7) is 2.55. The third-order valence-electron chi connectivity index (χ3n) is 6.13. The predicted octanol–water partition coefficient (Wildman–Crippen LogP) is 4.63. The Labute approximate surface area is 192 Å². The maximum Gasteiger partial charge on any atom is 0.308 e. The number of halogens is 1. The molecule has 172 valence electrons. The van der Waals surface area contributed by atoms with Crippen molar-refractivity contribution >= 4 is 22.9 Å². The molecule has 1 aliphatic rings. The minimum Gasteiger partial charge on any atom is -0.466 e. The van der Waals surface area contributed by atoms with Crippen molar-refractivity contribution in [3.8, 4) is 0 Å². The summed E-state index contributed by atoms with van der Waals surface area (Å²) in [5.74, 6) is -0.871. The standard InChI is InChI=1S/C26H28FN3O3/c1-2-33-24(31)17-23(20-7-3-9-21(27)16-20)30-15-13-19(26(30)32)6-4-10-22-12-11-18-8-5-14-28-25(18)29-22/h3,5,7-9,11-12,14,16,19,23H,2,4,6,10,13,15,17H2,1H3. The van der Waals surface area contributed by atoms with Gasteiger partial charge in [0.25, 0.3) is 0 Å². The van der Waals surface area contributed by atoms with Crippen molar-refractivity contribution in [2.24, 2.45) is 5.92 Å². The predicted molar refractivity (Wildman–Crippen MR) is 123 cm³/mol. The highest BCUT2D eigenvalue weighted by Crippen LogP contribution is 2.34. The van der Waals surface area contributed by atoms with Gasteiger partial charge in [0.15, 0.2) is 5.65 Å². The number of aromatic nitrogens is 2. The van der Waals surface area contributed by atoms with Gasteiger partial charge in [0.05, 0.1) is 19.1 Å².